The fourth-order valence-corrected chi connectivity index (χ4v) is 3.24. The number of rotatable bonds is 2. The number of hydrogen-bond acceptors (Lipinski definition) is 4. The van der Waals surface area contributed by atoms with Gasteiger partial charge in [-0.2, -0.15) is 0 Å². The molecule has 2 nitrogen and oxygen atoms in total. The van der Waals surface area contributed by atoms with Gasteiger partial charge in [-0.15, -0.1) is 0 Å². The molecule has 0 aromatic heterocycles. The van der Waals surface area contributed by atoms with E-state index in [-0.39, 0.29) is 10.2 Å². The highest BCUT2D eigenvalue weighted by atomic mass is 35.5. The van der Waals surface area contributed by atoms with Crippen LogP contribution in [0, 0.1) is 0 Å². The standard InChI is InChI=1S/C14H8Cl2O2S2/c15-11-5-1-9(2-6-11)13(17)19-20-14(18)10-3-7-12(16)8-4-10/h1-8H. The smallest absolute Gasteiger partial charge is 0.230 e. The highest BCUT2D eigenvalue weighted by Crippen LogP contribution is 2.30. The number of hydrogen-bond donors (Lipinski definition) is 0. The fraction of sp³-hybridized carbons (Fsp3) is 0. The molecule has 2 aromatic carbocycles. The van der Waals surface area contributed by atoms with Crippen molar-refractivity contribution in [2.45, 2.75) is 0 Å². The van der Waals surface area contributed by atoms with Gasteiger partial charge in [-0.25, -0.2) is 0 Å². The van der Waals surface area contributed by atoms with Crippen molar-refractivity contribution in [2.75, 3.05) is 0 Å². The van der Waals surface area contributed by atoms with Gasteiger partial charge in [-0.3, -0.25) is 9.59 Å². The maximum absolute atomic E-state index is 11.9. The molecule has 0 aliphatic rings. The molecule has 102 valence electrons. The predicted molar refractivity (Wildman–Crippen MR) is 86.7 cm³/mol. The molecule has 0 saturated carbocycles. The average molecular weight is 343 g/mol. The van der Waals surface area contributed by atoms with Gasteiger partial charge in [0.05, 0.1) is 0 Å². The summed E-state index contributed by atoms with van der Waals surface area (Å²) in [5.74, 6) is 0. The Balaban J connectivity index is 1.94. The third kappa shape index (κ3) is 4.28. The normalized spacial score (nSPS) is 10.3. The van der Waals surface area contributed by atoms with Gasteiger partial charge in [0.1, 0.15) is 0 Å². The largest absolute Gasteiger partial charge is 0.281 e. The van der Waals surface area contributed by atoms with E-state index in [0.717, 1.165) is 21.6 Å². The molecule has 20 heavy (non-hydrogen) atoms. The van der Waals surface area contributed by atoms with Crippen molar-refractivity contribution in [3.8, 4) is 0 Å². The Morgan fingerprint density at radius 3 is 1.25 bits per heavy atom. The van der Waals surface area contributed by atoms with Gasteiger partial charge < -0.3 is 0 Å². The summed E-state index contributed by atoms with van der Waals surface area (Å²) in [6.45, 7) is 0. The van der Waals surface area contributed by atoms with Crippen LogP contribution < -0.4 is 0 Å². The highest BCUT2D eigenvalue weighted by molar-refractivity contribution is 8.87. The van der Waals surface area contributed by atoms with Crippen molar-refractivity contribution >= 4 is 55.0 Å². The Morgan fingerprint density at radius 1 is 0.650 bits per heavy atom. The summed E-state index contributed by atoms with van der Waals surface area (Å²) < 4.78 is 0. The molecule has 0 amide bonds. The lowest BCUT2D eigenvalue weighted by Crippen LogP contribution is -1.94. The van der Waals surface area contributed by atoms with Crippen LogP contribution in [0.4, 0.5) is 0 Å². The zero-order valence-corrected chi connectivity index (χ0v) is 13.2. The lowest BCUT2D eigenvalue weighted by molar-refractivity contribution is 0.107. The van der Waals surface area contributed by atoms with Gasteiger partial charge >= 0.3 is 0 Å². The van der Waals surface area contributed by atoms with Crippen LogP contribution in [0.2, 0.25) is 10.0 Å². The number of carbonyl (C=O) groups excluding carboxylic acids is 2. The van der Waals surface area contributed by atoms with Gasteiger partial charge in [0.2, 0.25) is 10.2 Å². The van der Waals surface area contributed by atoms with Crippen molar-refractivity contribution in [3.05, 3.63) is 69.7 Å². The molecule has 2 aromatic rings. The van der Waals surface area contributed by atoms with E-state index in [1.54, 1.807) is 48.5 Å². The molecule has 0 heterocycles. The molecule has 0 atom stereocenters. The maximum Gasteiger partial charge on any atom is 0.230 e. The lowest BCUT2D eigenvalue weighted by atomic mass is 10.2. The first-order chi connectivity index (χ1) is 9.56. The van der Waals surface area contributed by atoms with Crippen molar-refractivity contribution in [1.82, 2.24) is 0 Å². The molecule has 0 spiro atoms. The van der Waals surface area contributed by atoms with Gasteiger partial charge in [-0.05, 0) is 70.1 Å². The van der Waals surface area contributed by atoms with Crippen LogP contribution in [0.15, 0.2) is 48.5 Å². The molecule has 0 unspecified atom stereocenters. The molecule has 2 rings (SSSR count). The van der Waals surface area contributed by atoms with Crippen LogP contribution in [-0.4, -0.2) is 10.2 Å². The summed E-state index contributed by atoms with van der Waals surface area (Å²) in [6.07, 6.45) is 0. The third-order valence-corrected chi connectivity index (χ3v) is 4.87. The van der Waals surface area contributed by atoms with E-state index >= 15 is 0 Å². The minimum atomic E-state index is -0.186. The summed E-state index contributed by atoms with van der Waals surface area (Å²) in [6, 6.07) is 13.1. The van der Waals surface area contributed by atoms with Gasteiger partial charge in [0.15, 0.2) is 0 Å². The topological polar surface area (TPSA) is 34.1 Å². The van der Waals surface area contributed by atoms with Crippen LogP contribution in [-0.2, 0) is 0 Å². The second kappa shape index (κ2) is 7.18. The zero-order chi connectivity index (χ0) is 14.5. The second-order valence-electron chi connectivity index (χ2n) is 3.76. The first-order valence-electron chi connectivity index (χ1n) is 5.50. The summed E-state index contributed by atoms with van der Waals surface area (Å²) >= 11 is 11.5. The first kappa shape index (κ1) is 15.4. The van der Waals surface area contributed by atoms with E-state index < -0.39 is 0 Å². The number of benzene rings is 2. The summed E-state index contributed by atoms with van der Waals surface area (Å²) in [5, 5.41) is 0.760. The summed E-state index contributed by atoms with van der Waals surface area (Å²) in [5.41, 5.74) is 1.02. The van der Waals surface area contributed by atoms with Gasteiger partial charge in [-0.1, -0.05) is 23.2 Å². The quantitative estimate of drug-likeness (QED) is 0.688. The van der Waals surface area contributed by atoms with Crippen LogP contribution in [0.25, 0.3) is 0 Å². The Morgan fingerprint density at radius 2 is 0.950 bits per heavy atom. The molecule has 0 N–H and O–H groups in total. The van der Waals surface area contributed by atoms with Gasteiger partial charge in [0.25, 0.3) is 0 Å². The molecule has 0 bridgehead atoms. The molecule has 0 aliphatic heterocycles. The maximum atomic E-state index is 11.9. The Hall–Kier alpha value is -0.940. The molecular formula is C14H8Cl2O2S2. The molecule has 0 aliphatic carbocycles. The molecule has 0 saturated heterocycles. The number of halogens is 2. The van der Waals surface area contributed by atoms with E-state index in [1.807, 2.05) is 0 Å². The molecular weight excluding hydrogens is 335 g/mol. The molecule has 0 fully saturated rings. The first-order valence-corrected chi connectivity index (χ1v) is 8.41. The summed E-state index contributed by atoms with van der Waals surface area (Å²) in [4.78, 5) is 23.7. The van der Waals surface area contributed by atoms with Crippen LogP contribution >= 0.6 is 44.8 Å². The van der Waals surface area contributed by atoms with Crippen LogP contribution in [0.3, 0.4) is 0 Å². The molecule has 0 radical (unpaired) electrons. The van der Waals surface area contributed by atoms with E-state index in [9.17, 15) is 9.59 Å². The minimum absolute atomic E-state index is 0.186. The number of carbonyl (C=O) groups is 2. The zero-order valence-electron chi connectivity index (χ0n) is 10.0. The Bertz CT molecular complexity index is 567. The van der Waals surface area contributed by atoms with E-state index in [2.05, 4.69) is 0 Å². The van der Waals surface area contributed by atoms with Gasteiger partial charge in [0, 0.05) is 21.2 Å². The van der Waals surface area contributed by atoms with E-state index in [0.29, 0.717) is 21.2 Å². The Labute approximate surface area is 134 Å². The van der Waals surface area contributed by atoms with Crippen molar-refractivity contribution in [2.24, 2.45) is 0 Å². The minimum Gasteiger partial charge on any atom is -0.281 e. The fourth-order valence-electron chi connectivity index (χ4n) is 1.34. The lowest BCUT2D eigenvalue weighted by Gasteiger charge is -2.01. The van der Waals surface area contributed by atoms with Crippen molar-refractivity contribution < 1.29 is 9.59 Å². The monoisotopic (exact) mass is 342 g/mol. The highest BCUT2D eigenvalue weighted by Gasteiger charge is 2.12. The van der Waals surface area contributed by atoms with Crippen molar-refractivity contribution in [3.63, 3.8) is 0 Å². The summed E-state index contributed by atoms with van der Waals surface area (Å²) in [7, 11) is 1.79. The van der Waals surface area contributed by atoms with Crippen LogP contribution in [0.1, 0.15) is 20.7 Å². The van der Waals surface area contributed by atoms with E-state index in [4.69, 9.17) is 23.2 Å². The Kier molecular flexibility index (Phi) is 5.54. The second-order valence-corrected chi connectivity index (χ2v) is 6.70. The van der Waals surface area contributed by atoms with E-state index in [1.165, 1.54) is 0 Å². The average Bonchev–Trinajstić information content (AvgIpc) is 2.46. The predicted octanol–water partition coefficient (Wildman–Crippen LogP) is 5.36. The SMILES string of the molecule is O=C(SSC(=O)c1ccc(Cl)cc1)c1ccc(Cl)cc1. The van der Waals surface area contributed by atoms with Crippen LogP contribution in [0.5, 0.6) is 0 Å². The third-order valence-electron chi connectivity index (χ3n) is 2.35. The van der Waals surface area contributed by atoms with Crippen molar-refractivity contribution in [1.29, 1.82) is 0 Å². The molecule has 6 heteroatoms.